The maximum Gasteiger partial charge on any atom is 0.454 e. The van der Waals surface area contributed by atoms with Gasteiger partial charge >= 0.3 is 7.12 Å². The lowest BCUT2D eigenvalue weighted by Gasteiger charge is -2.51. The Morgan fingerprint density at radius 1 is 1.17 bits per heavy atom. The SMILES string of the molecule is CB1OC(C)C(C)(C)C(C)(C)O1. The topological polar surface area (TPSA) is 18.5 Å². The van der Waals surface area contributed by atoms with Gasteiger partial charge in [0, 0.05) is 11.5 Å². The highest BCUT2D eigenvalue weighted by Crippen LogP contribution is 2.42. The molecule has 0 radical (unpaired) electrons. The summed E-state index contributed by atoms with van der Waals surface area (Å²) in [5.74, 6) is 0. The fourth-order valence-corrected chi connectivity index (χ4v) is 1.54. The van der Waals surface area contributed by atoms with Gasteiger partial charge in [-0.15, -0.1) is 0 Å². The van der Waals surface area contributed by atoms with E-state index in [4.69, 9.17) is 9.31 Å². The summed E-state index contributed by atoms with van der Waals surface area (Å²) in [7, 11) is -0.0805. The average Bonchev–Trinajstić information content (AvgIpc) is 1.82. The van der Waals surface area contributed by atoms with Gasteiger partial charge in [-0.3, -0.25) is 0 Å². The summed E-state index contributed by atoms with van der Waals surface area (Å²) < 4.78 is 11.4. The van der Waals surface area contributed by atoms with E-state index < -0.39 is 0 Å². The van der Waals surface area contributed by atoms with E-state index in [0.717, 1.165) is 0 Å². The van der Waals surface area contributed by atoms with Crippen LogP contribution in [-0.4, -0.2) is 18.8 Å². The van der Waals surface area contributed by atoms with Crippen molar-refractivity contribution in [1.82, 2.24) is 0 Å². The van der Waals surface area contributed by atoms with Crippen LogP contribution in [0.5, 0.6) is 0 Å². The molecule has 70 valence electrons. The highest BCUT2D eigenvalue weighted by Gasteiger charge is 2.48. The van der Waals surface area contributed by atoms with E-state index in [-0.39, 0.29) is 24.2 Å². The average molecular weight is 170 g/mol. The molecule has 0 N–H and O–H groups in total. The Labute approximate surface area is 75.8 Å². The van der Waals surface area contributed by atoms with Gasteiger partial charge in [0.2, 0.25) is 0 Å². The van der Waals surface area contributed by atoms with Crippen LogP contribution >= 0.6 is 0 Å². The predicted molar refractivity (Wildman–Crippen MR) is 51.1 cm³/mol. The van der Waals surface area contributed by atoms with Crippen LogP contribution in [0.4, 0.5) is 0 Å². The van der Waals surface area contributed by atoms with E-state index in [2.05, 4.69) is 34.6 Å². The molecule has 1 saturated heterocycles. The smallest absolute Gasteiger partial charge is 0.408 e. The second-order valence-electron chi connectivity index (χ2n) is 4.70. The van der Waals surface area contributed by atoms with Crippen molar-refractivity contribution in [2.45, 2.75) is 53.1 Å². The Balaban J connectivity index is 2.86. The Kier molecular flexibility index (Phi) is 2.30. The summed E-state index contributed by atoms with van der Waals surface area (Å²) in [5, 5.41) is 0. The molecule has 0 amide bonds. The molecule has 2 nitrogen and oxygen atoms in total. The molecule has 1 aliphatic rings. The van der Waals surface area contributed by atoms with Crippen molar-refractivity contribution >= 4 is 7.12 Å². The summed E-state index contributed by atoms with van der Waals surface area (Å²) in [5.41, 5.74) is -0.0381. The summed E-state index contributed by atoms with van der Waals surface area (Å²) in [6.45, 7) is 12.7. The van der Waals surface area contributed by atoms with Crippen LogP contribution in [0.15, 0.2) is 0 Å². The van der Waals surface area contributed by atoms with Gasteiger partial charge in [-0.1, -0.05) is 13.8 Å². The van der Waals surface area contributed by atoms with Crippen molar-refractivity contribution in [3.05, 3.63) is 0 Å². The van der Waals surface area contributed by atoms with Gasteiger partial charge in [0.25, 0.3) is 0 Å². The molecule has 3 heteroatoms. The van der Waals surface area contributed by atoms with E-state index in [0.29, 0.717) is 0 Å². The molecule has 1 fully saturated rings. The lowest BCUT2D eigenvalue weighted by molar-refractivity contribution is -0.132. The first kappa shape index (κ1) is 10.1. The standard InChI is InChI=1S/C9H19BO2/c1-7-8(2,3)9(4,5)12-10(6)11-7/h7H,1-6H3. The molecular weight excluding hydrogens is 151 g/mol. The maximum absolute atomic E-state index is 5.74. The molecule has 0 saturated carbocycles. The lowest BCUT2D eigenvalue weighted by Crippen LogP contribution is -2.57. The summed E-state index contributed by atoms with van der Waals surface area (Å²) >= 11 is 0. The molecule has 1 rings (SSSR count). The molecule has 0 aromatic rings. The van der Waals surface area contributed by atoms with Gasteiger partial charge < -0.3 is 9.31 Å². The fraction of sp³-hybridized carbons (Fsp3) is 1.00. The Morgan fingerprint density at radius 2 is 1.67 bits per heavy atom. The molecule has 1 aliphatic heterocycles. The minimum absolute atomic E-state index is 0.0690. The van der Waals surface area contributed by atoms with E-state index in [1.165, 1.54) is 0 Å². The van der Waals surface area contributed by atoms with Crippen molar-refractivity contribution in [1.29, 1.82) is 0 Å². The van der Waals surface area contributed by atoms with Crippen LogP contribution in [0.25, 0.3) is 0 Å². The second-order valence-corrected chi connectivity index (χ2v) is 4.70. The minimum Gasteiger partial charge on any atom is -0.408 e. The number of rotatable bonds is 0. The van der Waals surface area contributed by atoms with Gasteiger partial charge in [0.1, 0.15) is 0 Å². The second kappa shape index (κ2) is 2.74. The van der Waals surface area contributed by atoms with Crippen LogP contribution in [0.3, 0.4) is 0 Å². The zero-order chi connectivity index (χ0) is 9.57. The Hall–Kier alpha value is -0.0151. The molecule has 12 heavy (non-hydrogen) atoms. The third-order valence-electron chi connectivity index (χ3n) is 3.42. The van der Waals surface area contributed by atoms with Crippen LogP contribution in [0, 0.1) is 5.41 Å². The van der Waals surface area contributed by atoms with Crippen molar-refractivity contribution in [2.75, 3.05) is 0 Å². The van der Waals surface area contributed by atoms with Crippen molar-refractivity contribution < 1.29 is 9.31 Å². The van der Waals surface area contributed by atoms with Gasteiger partial charge in [0.15, 0.2) is 0 Å². The quantitative estimate of drug-likeness (QED) is 0.519. The third-order valence-corrected chi connectivity index (χ3v) is 3.42. The number of hydrogen-bond acceptors (Lipinski definition) is 2. The summed E-state index contributed by atoms with van der Waals surface area (Å²) in [4.78, 5) is 0. The summed E-state index contributed by atoms with van der Waals surface area (Å²) in [6, 6.07) is 0. The highest BCUT2D eigenvalue weighted by molar-refractivity contribution is 6.43. The molecule has 0 aromatic carbocycles. The Bertz CT molecular complexity index is 177. The van der Waals surface area contributed by atoms with Crippen LogP contribution in [-0.2, 0) is 9.31 Å². The highest BCUT2D eigenvalue weighted by atomic mass is 16.6. The molecule has 0 bridgehead atoms. The van der Waals surface area contributed by atoms with Crippen molar-refractivity contribution in [3.8, 4) is 0 Å². The van der Waals surface area contributed by atoms with Gasteiger partial charge in [-0.2, -0.15) is 0 Å². The first-order chi connectivity index (χ1) is 5.27. The molecule has 1 heterocycles. The van der Waals surface area contributed by atoms with Gasteiger partial charge in [0.05, 0.1) is 5.60 Å². The molecule has 0 spiro atoms. The van der Waals surface area contributed by atoms with Crippen LogP contribution in [0.2, 0.25) is 6.82 Å². The van der Waals surface area contributed by atoms with Crippen molar-refractivity contribution in [2.24, 2.45) is 5.41 Å². The molecular formula is C9H19BO2. The van der Waals surface area contributed by atoms with E-state index >= 15 is 0 Å². The van der Waals surface area contributed by atoms with Gasteiger partial charge in [-0.25, -0.2) is 0 Å². The van der Waals surface area contributed by atoms with Crippen LogP contribution in [0.1, 0.15) is 34.6 Å². The van der Waals surface area contributed by atoms with E-state index in [1.807, 2.05) is 6.82 Å². The van der Waals surface area contributed by atoms with Crippen LogP contribution < -0.4 is 0 Å². The molecule has 0 aliphatic carbocycles. The summed E-state index contributed by atoms with van der Waals surface area (Å²) in [6.07, 6.45) is 0.247. The minimum atomic E-state index is -0.107. The monoisotopic (exact) mass is 170 g/mol. The molecule has 0 aromatic heterocycles. The first-order valence-electron chi connectivity index (χ1n) is 4.60. The molecule has 1 unspecified atom stereocenters. The molecule has 1 atom stereocenters. The predicted octanol–water partition coefficient (Wildman–Crippen LogP) is 2.34. The first-order valence-corrected chi connectivity index (χ1v) is 4.60. The normalized spacial score (nSPS) is 33.5. The van der Waals surface area contributed by atoms with Crippen molar-refractivity contribution in [3.63, 3.8) is 0 Å². The zero-order valence-corrected chi connectivity index (χ0v) is 8.97. The fourth-order valence-electron chi connectivity index (χ4n) is 1.54. The lowest BCUT2D eigenvalue weighted by atomic mass is 9.69. The maximum atomic E-state index is 5.74. The largest absolute Gasteiger partial charge is 0.454 e. The Morgan fingerprint density at radius 3 is 2.08 bits per heavy atom. The van der Waals surface area contributed by atoms with E-state index in [1.54, 1.807) is 0 Å². The number of hydrogen-bond donors (Lipinski definition) is 0. The van der Waals surface area contributed by atoms with Gasteiger partial charge in [-0.05, 0) is 27.6 Å². The third kappa shape index (κ3) is 1.40. The van der Waals surface area contributed by atoms with E-state index in [9.17, 15) is 0 Å². The zero-order valence-electron chi connectivity index (χ0n) is 8.97.